The summed E-state index contributed by atoms with van der Waals surface area (Å²) in [5.41, 5.74) is 0.247. The van der Waals surface area contributed by atoms with Crippen molar-refractivity contribution in [1.29, 1.82) is 0 Å². The summed E-state index contributed by atoms with van der Waals surface area (Å²) < 4.78 is 41.9. The molecule has 11 heteroatoms. The highest BCUT2D eigenvalue weighted by atomic mass is 19.4. The third-order valence-electron chi connectivity index (χ3n) is 5.30. The average Bonchev–Trinajstić information content (AvgIpc) is 2.77. The Morgan fingerprint density at radius 2 is 1.67 bits per heavy atom. The highest BCUT2D eigenvalue weighted by Crippen LogP contribution is 2.24. The second-order valence-corrected chi connectivity index (χ2v) is 7.69. The van der Waals surface area contributed by atoms with Crippen molar-refractivity contribution < 1.29 is 22.7 Å². The molecule has 1 saturated heterocycles. The first-order valence-corrected chi connectivity index (χ1v) is 10.3. The lowest BCUT2D eigenvalue weighted by molar-refractivity contribution is -0.274. The average molecular weight is 461 g/mol. The van der Waals surface area contributed by atoms with Crippen LogP contribution in [0, 0.1) is 0 Å². The summed E-state index contributed by atoms with van der Waals surface area (Å²) in [5.74, 6) is -0.614. The van der Waals surface area contributed by atoms with Gasteiger partial charge in [0.2, 0.25) is 5.91 Å². The molecule has 2 heterocycles. The minimum Gasteiger partial charge on any atom is -0.406 e. The zero-order valence-corrected chi connectivity index (χ0v) is 17.6. The first-order valence-electron chi connectivity index (χ1n) is 10.3. The number of ether oxygens (including phenoxy) is 1. The Hall–Kier alpha value is -3.44. The maximum atomic E-state index is 12.6. The zero-order chi connectivity index (χ0) is 23.4. The number of hydrogen-bond donors (Lipinski definition) is 1. The normalized spacial score (nSPS) is 15.5. The molecule has 4 rings (SSSR count). The Balaban J connectivity index is 1.25. The van der Waals surface area contributed by atoms with Gasteiger partial charge in [0.15, 0.2) is 0 Å². The summed E-state index contributed by atoms with van der Waals surface area (Å²) >= 11 is 0. The van der Waals surface area contributed by atoms with Crippen LogP contribution in [-0.2, 0) is 11.5 Å². The molecule has 0 radical (unpaired) electrons. The van der Waals surface area contributed by atoms with Gasteiger partial charge in [0.1, 0.15) is 5.75 Å². The van der Waals surface area contributed by atoms with Crippen molar-refractivity contribution >= 4 is 22.4 Å². The van der Waals surface area contributed by atoms with Crippen molar-refractivity contribution in [2.75, 3.05) is 38.0 Å². The molecule has 0 spiro atoms. The molecule has 8 nitrogen and oxygen atoms in total. The van der Waals surface area contributed by atoms with E-state index in [0.717, 1.165) is 17.5 Å². The minimum absolute atomic E-state index is 0.137. The SMILES string of the molecule is O=C(CN1CCN(Cn2ncc3ccccc3c2=O)CC1)Nc1ccc(OC(F)(F)F)cc1. The molecule has 3 aromatic rings. The standard InChI is InChI=1S/C22H22F3N5O3/c23-22(24,25)33-18-7-5-17(6-8-18)27-20(31)14-28-9-11-29(12-10-28)15-30-21(32)19-4-2-1-3-16(19)13-26-30/h1-8,13H,9-12,14-15H2,(H,27,31). The van der Waals surface area contributed by atoms with E-state index < -0.39 is 6.36 Å². The number of alkyl halides is 3. The van der Waals surface area contributed by atoms with Crippen molar-refractivity contribution in [2.24, 2.45) is 0 Å². The summed E-state index contributed by atoms with van der Waals surface area (Å²) in [6.45, 7) is 3.12. The molecule has 0 saturated carbocycles. The largest absolute Gasteiger partial charge is 0.573 e. The van der Waals surface area contributed by atoms with Crippen LogP contribution in [0.2, 0.25) is 0 Å². The Kier molecular flexibility index (Phi) is 6.61. The number of fused-ring (bicyclic) bond motifs is 1. The number of nitrogens with one attached hydrogen (secondary N) is 1. The van der Waals surface area contributed by atoms with Gasteiger partial charge in [-0.15, -0.1) is 13.2 Å². The maximum Gasteiger partial charge on any atom is 0.573 e. The fraction of sp³-hybridized carbons (Fsp3) is 0.318. The maximum absolute atomic E-state index is 12.6. The zero-order valence-electron chi connectivity index (χ0n) is 17.6. The number of anilines is 1. The van der Waals surface area contributed by atoms with Gasteiger partial charge in [-0.05, 0) is 30.3 Å². The molecule has 1 N–H and O–H groups in total. The van der Waals surface area contributed by atoms with Crippen LogP contribution in [0.3, 0.4) is 0 Å². The van der Waals surface area contributed by atoms with Crippen LogP contribution in [0.5, 0.6) is 5.75 Å². The number of benzene rings is 2. The third kappa shape index (κ3) is 6.08. The van der Waals surface area contributed by atoms with Crippen molar-refractivity contribution in [3.05, 3.63) is 65.1 Å². The van der Waals surface area contributed by atoms with Crippen molar-refractivity contribution in [1.82, 2.24) is 19.6 Å². The summed E-state index contributed by atoms with van der Waals surface area (Å²) in [7, 11) is 0. The fourth-order valence-corrected chi connectivity index (χ4v) is 3.65. The number of halogens is 3. The number of amides is 1. The summed E-state index contributed by atoms with van der Waals surface area (Å²) in [4.78, 5) is 29.0. The predicted molar refractivity (Wildman–Crippen MR) is 116 cm³/mol. The smallest absolute Gasteiger partial charge is 0.406 e. The summed E-state index contributed by atoms with van der Waals surface area (Å²) in [6, 6.07) is 12.3. The highest BCUT2D eigenvalue weighted by Gasteiger charge is 2.31. The molecule has 1 amide bonds. The van der Waals surface area contributed by atoms with Gasteiger partial charge in [0, 0.05) is 37.3 Å². The molecular weight excluding hydrogens is 439 g/mol. The van der Waals surface area contributed by atoms with Crippen LogP contribution in [0.4, 0.5) is 18.9 Å². The molecule has 174 valence electrons. The van der Waals surface area contributed by atoms with Crippen LogP contribution < -0.4 is 15.6 Å². The van der Waals surface area contributed by atoms with Gasteiger partial charge in [-0.25, -0.2) is 4.68 Å². The van der Waals surface area contributed by atoms with E-state index in [-0.39, 0.29) is 23.8 Å². The van der Waals surface area contributed by atoms with Gasteiger partial charge in [-0.3, -0.25) is 19.4 Å². The number of rotatable bonds is 6. The predicted octanol–water partition coefficient (Wildman–Crippen LogP) is 2.51. The molecule has 0 unspecified atom stereocenters. The lowest BCUT2D eigenvalue weighted by atomic mass is 10.2. The van der Waals surface area contributed by atoms with E-state index in [0.29, 0.717) is 43.9 Å². The summed E-state index contributed by atoms with van der Waals surface area (Å²) in [5, 5.41) is 8.35. The van der Waals surface area contributed by atoms with Gasteiger partial charge in [-0.1, -0.05) is 18.2 Å². The van der Waals surface area contributed by atoms with E-state index in [9.17, 15) is 22.8 Å². The lowest BCUT2D eigenvalue weighted by Gasteiger charge is -2.34. The van der Waals surface area contributed by atoms with Crippen molar-refractivity contribution in [3.63, 3.8) is 0 Å². The Morgan fingerprint density at radius 3 is 2.36 bits per heavy atom. The Morgan fingerprint density at radius 1 is 1.00 bits per heavy atom. The second kappa shape index (κ2) is 9.59. The Labute approximate surface area is 187 Å². The van der Waals surface area contributed by atoms with E-state index >= 15 is 0 Å². The van der Waals surface area contributed by atoms with Crippen molar-refractivity contribution in [2.45, 2.75) is 13.0 Å². The quantitative estimate of drug-likeness (QED) is 0.608. The van der Waals surface area contributed by atoms with Gasteiger partial charge in [-0.2, -0.15) is 5.10 Å². The first-order chi connectivity index (χ1) is 15.8. The third-order valence-corrected chi connectivity index (χ3v) is 5.30. The van der Waals surface area contributed by atoms with Crippen molar-refractivity contribution in [3.8, 4) is 5.75 Å². The fourth-order valence-electron chi connectivity index (χ4n) is 3.65. The highest BCUT2D eigenvalue weighted by molar-refractivity contribution is 5.92. The van der Waals surface area contributed by atoms with E-state index in [1.807, 2.05) is 23.1 Å². The summed E-state index contributed by atoms with van der Waals surface area (Å²) in [6.07, 6.45) is -3.08. The van der Waals surface area contributed by atoms with Crippen LogP contribution in [0.25, 0.3) is 10.8 Å². The molecule has 1 fully saturated rings. The number of aromatic nitrogens is 2. The molecule has 2 aromatic carbocycles. The number of hydrogen-bond acceptors (Lipinski definition) is 6. The Bertz CT molecular complexity index is 1170. The van der Waals surface area contributed by atoms with E-state index in [2.05, 4.69) is 20.1 Å². The number of nitrogens with zero attached hydrogens (tertiary/aromatic N) is 4. The minimum atomic E-state index is -4.76. The van der Waals surface area contributed by atoms with Gasteiger partial charge in [0.05, 0.1) is 24.8 Å². The van der Waals surface area contributed by atoms with Gasteiger partial charge < -0.3 is 10.1 Å². The molecule has 1 aliphatic heterocycles. The van der Waals surface area contributed by atoms with Gasteiger partial charge >= 0.3 is 6.36 Å². The lowest BCUT2D eigenvalue weighted by Crippen LogP contribution is -2.49. The number of carbonyl (C=O) groups excluding carboxylic acids is 1. The molecule has 1 aromatic heterocycles. The first kappa shape index (κ1) is 22.7. The van der Waals surface area contributed by atoms with E-state index in [4.69, 9.17) is 0 Å². The molecule has 1 aliphatic rings. The topological polar surface area (TPSA) is 79.7 Å². The van der Waals surface area contributed by atoms with Crippen LogP contribution in [0.1, 0.15) is 0 Å². The van der Waals surface area contributed by atoms with Gasteiger partial charge in [0.25, 0.3) is 5.56 Å². The van der Waals surface area contributed by atoms with E-state index in [1.165, 1.54) is 16.8 Å². The number of carbonyl (C=O) groups is 1. The van der Waals surface area contributed by atoms with Crippen LogP contribution in [-0.4, -0.2) is 64.6 Å². The second-order valence-electron chi connectivity index (χ2n) is 7.69. The molecule has 0 aliphatic carbocycles. The molecule has 33 heavy (non-hydrogen) atoms. The van der Waals surface area contributed by atoms with Crippen LogP contribution >= 0.6 is 0 Å². The molecule has 0 bridgehead atoms. The monoisotopic (exact) mass is 461 g/mol. The molecule has 0 atom stereocenters. The van der Waals surface area contributed by atoms with E-state index in [1.54, 1.807) is 12.3 Å². The molecular formula is C22H22F3N5O3. The van der Waals surface area contributed by atoms with Crippen LogP contribution in [0.15, 0.2) is 59.5 Å². The number of piperazine rings is 1.